The Kier molecular flexibility index (Phi) is 2.91. The number of benzene rings is 2. The van der Waals surface area contributed by atoms with Crippen molar-refractivity contribution in [3.8, 4) is 22.7 Å². The van der Waals surface area contributed by atoms with Gasteiger partial charge in [-0.15, -0.1) is 0 Å². The number of hydrogen-bond donors (Lipinski definition) is 0. The number of rotatable bonds is 1. The van der Waals surface area contributed by atoms with Gasteiger partial charge < -0.3 is 4.74 Å². The monoisotopic (exact) mass is 316 g/mol. The molecule has 3 nitrogen and oxygen atoms in total. The Labute approximate surface area is 131 Å². The van der Waals surface area contributed by atoms with Gasteiger partial charge in [0.2, 0.25) is 0 Å². The maximum absolute atomic E-state index is 6.08. The molecule has 0 atom stereocenters. The average Bonchev–Trinajstić information content (AvgIpc) is 2.92. The molecule has 0 bridgehead atoms. The maximum Gasteiger partial charge on any atom is 0.152 e. The highest BCUT2D eigenvalue weighted by Crippen LogP contribution is 2.33. The largest absolute Gasteiger partial charge is 0.483 e. The van der Waals surface area contributed by atoms with Gasteiger partial charge in [0, 0.05) is 21.8 Å². The molecule has 1 aliphatic rings. The second-order valence-electron chi connectivity index (χ2n) is 4.82. The molecule has 0 radical (unpaired) electrons. The van der Waals surface area contributed by atoms with E-state index in [1.807, 2.05) is 53.2 Å². The van der Waals surface area contributed by atoms with E-state index in [0.717, 1.165) is 28.5 Å². The van der Waals surface area contributed by atoms with Crippen LogP contribution < -0.4 is 4.74 Å². The van der Waals surface area contributed by atoms with Crippen molar-refractivity contribution in [3.05, 3.63) is 64.5 Å². The Balaban J connectivity index is 1.84. The van der Waals surface area contributed by atoms with Gasteiger partial charge in [-0.2, -0.15) is 0 Å². The van der Waals surface area contributed by atoms with Gasteiger partial charge in [-0.3, -0.25) is 4.57 Å². The van der Waals surface area contributed by atoms with E-state index in [9.17, 15) is 0 Å². The number of ether oxygens (including phenoxy) is 1. The van der Waals surface area contributed by atoms with Crippen LogP contribution in [0.1, 0.15) is 5.82 Å². The predicted octanol–water partition coefficient (Wildman–Crippen LogP) is 4.74. The van der Waals surface area contributed by atoms with E-state index in [1.165, 1.54) is 0 Å². The lowest BCUT2D eigenvalue weighted by Gasteiger charge is -2.19. The molecule has 0 amide bonds. The molecule has 5 heteroatoms. The summed E-state index contributed by atoms with van der Waals surface area (Å²) in [4.78, 5) is 4.63. The number of halogens is 2. The summed E-state index contributed by atoms with van der Waals surface area (Å²) in [7, 11) is 0. The first-order valence-corrected chi connectivity index (χ1v) is 7.23. The SMILES string of the molecule is Clc1ccc(-c2cn3c(n2)COc2ccc(Cl)cc2-3)cc1. The van der Waals surface area contributed by atoms with Gasteiger partial charge in [-0.05, 0) is 30.3 Å². The second kappa shape index (κ2) is 4.79. The fourth-order valence-electron chi connectivity index (χ4n) is 2.43. The normalized spacial score (nSPS) is 12.5. The molecule has 0 saturated carbocycles. The molecule has 4 rings (SSSR count). The standard InChI is InChI=1S/C16H10Cl2N2O/c17-11-3-1-10(2-4-11)13-8-20-14-7-12(18)5-6-15(14)21-9-16(20)19-13/h1-8H,9H2. The number of nitrogens with zero attached hydrogens (tertiary/aromatic N) is 2. The van der Waals surface area contributed by atoms with Gasteiger partial charge >= 0.3 is 0 Å². The molecule has 104 valence electrons. The fraction of sp³-hybridized carbons (Fsp3) is 0.0625. The molecule has 0 saturated heterocycles. The summed E-state index contributed by atoms with van der Waals surface area (Å²) in [6, 6.07) is 13.2. The van der Waals surface area contributed by atoms with E-state index in [4.69, 9.17) is 27.9 Å². The van der Waals surface area contributed by atoms with Crippen LogP contribution in [0.5, 0.6) is 5.75 Å². The average molecular weight is 317 g/mol. The van der Waals surface area contributed by atoms with E-state index >= 15 is 0 Å². The predicted molar refractivity (Wildman–Crippen MR) is 83.4 cm³/mol. The van der Waals surface area contributed by atoms with E-state index in [1.54, 1.807) is 0 Å². The third-order valence-electron chi connectivity index (χ3n) is 3.46. The lowest BCUT2D eigenvalue weighted by molar-refractivity contribution is 0.279. The molecule has 1 aliphatic heterocycles. The molecule has 0 spiro atoms. The summed E-state index contributed by atoms with van der Waals surface area (Å²) in [6.45, 7) is 0.447. The van der Waals surface area contributed by atoms with E-state index in [2.05, 4.69) is 4.98 Å². The minimum Gasteiger partial charge on any atom is -0.483 e. The van der Waals surface area contributed by atoms with Crippen molar-refractivity contribution in [1.82, 2.24) is 9.55 Å². The van der Waals surface area contributed by atoms with Gasteiger partial charge in [0.1, 0.15) is 12.4 Å². The zero-order chi connectivity index (χ0) is 14.4. The van der Waals surface area contributed by atoms with Gasteiger partial charge in [0.15, 0.2) is 5.82 Å². The molecule has 2 aromatic carbocycles. The Bertz CT molecular complexity index is 825. The lowest BCUT2D eigenvalue weighted by atomic mass is 10.2. The van der Waals surface area contributed by atoms with Crippen molar-refractivity contribution in [1.29, 1.82) is 0 Å². The molecule has 3 aromatic rings. The highest BCUT2D eigenvalue weighted by atomic mass is 35.5. The second-order valence-corrected chi connectivity index (χ2v) is 5.69. The smallest absolute Gasteiger partial charge is 0.152 e. The molecule has 0 N–H and O–H groups in total. The van der Waals surface area contributed by atoms with Gasteiger partial charge in [0.25, 0.3) is 0 Å². The van der Waals surface area contributed by atoms with Crippen LogP contribution >= 0.6 is 23.2 Å². The van der Waals surface area contributed by atoms with Crippen LogP contribution in [-0.4, -0.2) is 9.55 Å². The van der Waals surface area contributed by atoms with Crippen molar-refractivity contribution in [2.24, 2.45) is 0 Å². The first kappa shape index (κ1) is 12.7. The topological polar surface area (TPSA) is 27.1 Å². The van der Waals surface area contributed by atoms with Crippen LogP contribution in [0.25, 0.3) is 16.9 Å². The summed E-state index contributed by atoms with van der Waals surface area (Å²) in [5, 5.41) is 1.38. The number of aromatic nitrogens is 2. The minimum absolute atomic E-state index is 0.447. The Morgan fingerprint density at radius 3 is 2.57 bits per heavy atom. The number of fused-ring (bicyclic) bond motifs is 3. The third-order valence-corrected chi connectivity index (χ3v) is 3.94. The summed E-state index contributed by atoms with van der Waals surface area (Å²) < 4.78 is 7.73. The summed E-state index contributed by atoms with van der Waals surface area (Å²) in [6.07, 6.45) is 2.00. The maximum atomic E-state index is 6.08. The van der Waals surface area contributed by atoms with Crippen molar-refractivity contribution >= 4 is 23.2 Å². The highest BCUT2D eigenvalue weighted by Gasteiger charge is 2.20. The van der Waals surface area contributed by atoms with E-state index in [-0.39, 0.29) is 0 Å². The first-order chi connectivity index (χ1) is 10.2. The first-order valence-electron chi connectivity index (χ1n) is 6.48. The van der Waals surface area contributed by atoms with Crippen molar-refractivity contribution in [2.75, 3.05) is 0 Å². The van der Waals surface area contributed by atoms with Crippen LogP contribution in [0.4, 0.5) is 0 Å². The van der Waals surface area contributed by atoms with Gasteiger partial charge in [-0.1, -0.05) is 35.3 Å². The Hall–Kier alpha value is -1.97. The molecule has 0 aliphatic carbocycles. The summed E-state index contributed by atoms with van der Waals surface area (Å²) in [5.41, 5.74) is 2.82. The molecular formula is C16H10Cl2N2O. The molecule has 21 heavy (non-hydrogen) atoms. The molecular weight excluding hydrogens is 307 g/mol. The summed E-state index contributed by atoms with van der Waals surface area (Å²) >= 11 is 12.0. The minimum atomic E-state index is 0.447. The van der Waals surface area contributed by atoms with E-state index < -0.39 is 0 Å². The van der Waals surface area contributed by atoms with Crippen molar-refractivity contribution in [2.45, 2.75) is 6.61 Å². The van der Waals surface area contributed by atoms with Crippen LogP contribution in [0.2, 0.25) is 10.0 Å². The summed E-state index contributed by atoms with van der Waals surface area (Å²) in [5.74, 6) is 1.67. The van der Waals surface area contributed by atoms with Crippen molar-refractivity contribution in [3.63, 3.8) is 0 Å². The van der Waals surface area contributed by atoms with Crippen LogP contribution in [0, 0.1) is 0 Å². The Morgan fingerprint density at radius 1 is 1.00 bits per heavy atom. The fourth-order valence-corrected chi connectivity index (χ4v) is 2.72. The molecule has 0 fully saturated rings. The lowest BCUT2D eigenvalue weighted by Crippen LogP contribution is -2.12. The van der Waals surface area contributed by atoms with E-state index in [0.29, 0.717) is 16.7 Å². The zero-order valence-electron chi connectivity index (χ0n) is 10.9. The zero-order valence-corrected chi connectivity index (χ0v) is 12.4. The van der Waals surface area contributed by atoms with Crippen LogP contribution in [0.3, 0.4) is 0 Å². The Morgan fingerprint density at radius 2 is 1.76 bits per heavy atom. The molecule has 2 heterocycles. The third kappa shape index (κ3) is 2.19. The van der Waals surface area contributed by atoms with Crippen molar-refractivity contribution < 1.29 is 4.74 Å². The molecule has 0 unspecified atom stereocenters. The van der Waals surface area contributed by atoms with Crippen LogP contribution in [-0.2, 0) is 6.61 Å². The quantitative estimate of drug-likeness (QED) is 0.648. The molecule has 1 aromatic heterocycles. The highest BCUT2D eigenvalue weighted by molar-refractivity contribution is 6.31. The number of imidazole rings is 1. The van der Waals surface area contributed by atoms with Gasteiger partial charge in [0.05, 0.1) is 11.4 Å². The van der Waals surface area contributed by atoms with Gasteiger partial charge in [-0.25, -0.2) is 4.98 Å². The van der Waals surface area contributed by atoms with Crippen LogP contribution in [0.15, 0.2) is 48.7 Å². The number of hydrogen-bond acceptors (Lipinski definition) is 2.